The van der Waals surface area contributed by atoms with Crippen LogP contribution in [0, 0.1) is 0 Å². The Morgan fingerprint density at radius 1 is 0.893 bits per heavy atom. The number of rotatable bonds is 4. The molecule has 142 valence electrons. The summed E-state index contributed by atoms with van der Waals surface area (Å²) in [7, 11) is 0. The van der Waals surface area contributed by atoms with Gasteiger partial charge in [-0.3, -0.25) is 9.59 Å². The Morgan fingerprint density at radius 2 is 1.61 bits per heavy atom. The van der Waals surface area contributed by atoms with Crippen LogP contribution in [0.5, 0.6) is 0 Å². The highest BCUT2D eigenvalue weighted by Gasteiger charge is 2.27. The zero-order valence-corrected chi connectivity index (χ0v) is 15.1. The Morgan fingerprint density at radius 3 is 2.29 bits per heavy atom. The lowest BCUT2D eigenvalue weighted by Crippen LogP contribution is -2.50. The first-order chi connectivity index (χ1) is 13.7. The molecule has 0 saturated carbocycles. The molecule has 1 N–H and O–H groups in total. The molecule has 1 aromatic carbocycles. The third-order valence-corrected chi connectivity index (χ3v) is 4.49. The predicted octanol–water partition coefficient (Wildman–Crippen LogP) is 2.41. The van der Waals surface area contributed by atoms with Gasteiger partial charge in [0.05, 0.1) is 6.26 Å². The first kappa shape index (κ1) is 17.7. The molecule has 1 saturated heterocycles. The van der Waals surface area contributed by atoms with Crippen LogP contribution >= 0.6 is 0 Å². The van der Waals surface area contributed by atoms with E-state index < -0.39 is 0 Å². The van der Waals surface area contributed by atoms with Gasteiger partial charge in [0.2, 0.25) is 5.95 Å². The first-order valence-corrected chi connectivity index (χ1v) is 8.98. The molecule has 0 aliphatic carbocycles. The zero-order valence-electron chi connectivity index (χ0n) is 15.1. The van der Waals surface area contributed by atoms with E-state index in [1.807, 2.05) is 30.3 Å². The van der Waals surface area contributed by atoms with E-state index in [0.717, 1.165) is 5.69 Å². The van der Waals surface area contributed by atoms with Gasteiger partial charge in [0, 0.05) is 38.1 Å². The van der Waals surface area contributed by atoms with Crippen molar-refractivity contribution in [2.75, 3.05) is 31.5 Å². The van der Waals surface area contributed by atoms with E-state index in [1.54, 1.807) is 34.2 Å². The van der Waals surface area contributed by atoms with E-state index in [4.69, 9.17) is 4.42 Å². The third kappa shape index (κ3) is 3.85. The molecule has 1 fully saturated rings. The molecule has 2 amide bonds. The van der Waals surface area contributed by atoms with Crippen LogP contribution in [0.2, 0.25) is 0 Å². The average molecular weight is 377 g/mol. The van der Waals surface area contributed by atoms with Crippen LogP contribution in [0.25, 0.3) is 0 Å². The van der Waals surface area contributed by atoms with Gasteiger partial charge in [-0.1, -0.05) is 18.2 Å². The van der Waals surface area contributed by atoms with Crippen molar-refractivity contribution in [2.24, 2.45) is 0 Å². The maximum Gasteiger partial charge on any atom is 0.289 e. The summed E-state index contributed by atoms with van der Waals surface area (Å²) in [5.74, 6) is 0.341. The largest absolute Gasteiger partial charge is 0.459 e. The lowest BCUT2D eigenvalue weighted by Gasteiger charge is -2.34. The summed E-state index contributed by atoms with van der Waals surface area (Å²) in [6.07, 6.45) is 3.03. The normalized spacial score (nSPS) is 14.0. The summed E-state index contributed by atoms with van der Waals surface area (Å²) in [6, 6.07) is 14.4. The fourth-order valence-electron chi connectivity index (χ4n) is 3.02. The molecule has 3 aromatic rings. The molecule has 1 aliphatic heterocycles. The molecule has 3 heterocycles. The molecule has 8 heteroatoms. The average Bonchev–Trinajstić information content (AvgIpc) is 3.29. The number of piperazine rings is 1. The van der Waals surface area contributed by atoms with E-state index in [1.165, 1.54) is 6.26 Å². The van der Waals surface area contributed by atoms with Gasteiger partial charge in [0.25, 0.3) is 11.8 Å². The minimum Gasteiger partial charge on any atom is -0.459 e. The zero-order chi connectivity index (χ0) is 19.3. The van der Waals surface area contributed by atoms with E-state index in [2.05, 4.69) is 15.3 Å². The molecule has 0 spiro atoms. The van der Waals surface area contributed by atoms with Crippen molar-refractivity contribution in [3.05, 3.63) is 72.4 Å². The minimum atomic E-state index is -0.177. The summed E-state index contributed by atoms with van der Waals surface area (Å²) in [5.41, 5.74) is 1.16. The number of amides is 2. The van der Waals surface area contributed by atoms with Crippen molar-refractivity contribution < 1.29 is 14.0 Å². The molecule has 0 radical (unpaired) electrons. The number of hydrogen-bond donors (Lipinski definition) is 1. The van der Waals surface area contributed by atoms with Gasteiger partial charge in [-0.25, -0.2) is 9.97 Å². The van der Waals surface area contributed by atoms with Gasteiger partial charge in [0.15, 0.2) is 5.76 Å². The van der Waals surface area contributed by atoms with Gasteiger partial charge < -0.3 is 19.5 Å². The number of carbonyl (C=O) groups is 2. The standard InChI is InChI=1S/C20H19N5O3/c26-18(16-8-9-21-20(23-16)22-15-5-2-1-3-6-15)24-10-12-25(13-11-24)19(27)17-7-4-14-28-17/h1-9,14H,10-13H2,(H,21,22,23). The first-order valence-electron chi connectivity index (χ1n) is 8.98. The minimum absolute atomic E-state index is 0.159. The smallest absolute Gasteiger partial charge is 0.289 e. The second kappa shape index (κ2) is 7.91. The third-order valence-electron chi connectivity index (χ3n) is 4.49. The second-order valence-electron chi connectivity index (χ2n) is 6.32. The van der Waals surface area contributed by atoms with Crippen molar-refractivity contribution in [1.82, 2.24) is 19.8 Å². The Balaban J connectivity index is 1.39. The van der Waals surface area contributed by atoms with Crippen LogP contribution in [0.4, 0.5) is 11.6 Å². The van der Waals surface area contributed by atoms with Crippen molar-refractivity contribution in [3.8, 4) is 0 Å². The van der Waals surface area contributed by atoms with Gasteiger partial charge >= 0.3 is 0 Å². The lowest BCUT2D eigenvalue weighted by molar-refractivity contribution is 0.0515. The summed E-state index contributed by atoms with van der Waals surface area (Å²) >= 11 is 0. The van der Waals surface area contributed by atoms with Gasteiger partial charge in [-0.2, -0.15) is 0 Å². The number of benzene rings is 1. The molecule has 0 bridgehead atoms. The fraction of sp³-hybridized carbons (Fsp3) is 0.200. The summed E-state index contributed by atoms with van der Waals surface area (Å²) in [6.45, 7) is 1.78. The highest BCUT2D eigenvalue weighted by atomic mass is 16.3. The molecule has 8 nitrogen and oxygen atoms in total. The van der Waals surface area contributed by atoms with E-state index in [0.29, 0.717) is 43.6 Å². The topological polar surface area (TPSA) is 91.6 Å². The van der Waals surface area contributed by atoms with Crippen LogP contribution in [-0.2, 0) is 0 Å². The molecule has 0 atom stereocenters. The molecule has 0 unspecified atom stereocenters. The van der Waals surface area contributed by atoms with Crippen molar-refractivity contribution in [3.63, 3.8) is 0 Å². The molecule has 2 aromatic heterocycles. The Kier molecular flexibility index (Phi) is 5.01. The number of nitrogens with zero attached hydrogens (tertiary/aromatic N) is 4. The SMILES string of the molecule is O=C(c1ccnc(Nc2ccccc2)n1)N1CCN(C(=O)c2ccco2)CC1. The lowest BCUT2D eigenvalue weighted by atomic mass is 10.2. The number of aromatic nitrogens is 2. The van der Waals surface area contributed by atoms with E-state index >= 15 is 0 Å². The quantitative estimate of drug-likeness (QED) is 0.751. The van der Waals surface area contributed by atoms with Crippen LogP contribution in [0.3, 0.4) is 0 Å². The number of anilines is 2. The highest BCUT2D eigenvalue weighted by Crippen LogP contribution is 2.14. The molecular formula is C20H19N5O3. The highest BCUT2D eigenvalue weighted by molar-refractivity contribution is 5.94. The summed E-state index contributed by atoms with van der Waals surface area (Å²) < 4.78 is 5.16. The van der Waals surface area contributed by atoms with Crippen molar-refractivity contribution in [2.45, 2.75) is 0 Å². The Bertz CT molecular complexity index is 951. The molecular weight excluding hydrogens is 358 g/mol. The molecule has 28 heavy (non-hydrogen) atoms. The summed E-state index contributed by atoms with van der Waals surface area (Å²) in [4.78, 5) is 37.0. The van der Waals surface area contributed by atoms with Crippen molar-refractivity contribution >= 4 is 23.5 Å². The number of furan rings is 1. The number of hydrogen-bond acceptors (Lipinski definition) is 6. The van der Waals surface area contributed by atoms with Crippen LogP contribution in [0.1, 0.15) is 21.0 Å². The van der Waals surface area contributed by atoms with Crippen LogP contribution in [0.15, 0.2) is 65.4 Å². The van der Waals surface area contributed by atoms with E-state index in [-0.39, 0.29) is 11.8 Å². The number of nitrogens with one attached hydrogen (secondary N) is 1. The van der Waals surface area contributed by atoms with Crippen molar-refractivity contribution in [1.29, 1.82) is 0 Å². The number of carbonyl (C=O) groups excluding carboxylic acids is 2. The van der Waals surface area contributed by atoms with E-state index in [9.17, 15) is 9.59 Å². The molecule has 1 aliphatic rings. The monoisotopic (exact) mass is 377 g/mol. The predicted molar refractivity (Wildman–Crippen MR) is 102 cm³/mol. The fourth-order valence-corrected chi connectivity index (χ4v) is 3.02. The van der Waals surface area contributed by atoms with Crippen LogP contribution < -0.4 is 5.32 Å². The maximum absolute atomic E-state index is 12.8. The summed E-state index contributed by atoms with van der Waals surface area (Å²) in [5, 5.41) is 3.08. The molecule has 4 rings (SSSR count). The van der Waals surface area contributed by atoms with Gasteiger partial charge in [-0.15, -0.1) is 0 Å². The van der Waals surface area contributed by atoms with Gasteiger partial charge in [0.1, 0.15) is 5.69 Å². The van der Waals surface area contributed by atoms with Crippen LogP contribution in [-0.4, -0.2) is 57.8 Å². The Hall–Kier alpha value is -3.68. The second-order valence-corrected chi connectivity index (χ2v) is 6.32. The maximum atomic E-state index is 12.8. The van der Waals surface area contributed by atoms with Gasteiger partial charge in [-0.05, 0) is 30.3 Å². The number of para-hydroxylation sites is 1. The Labute approximate surface area is 161 Å².